The number of carbonyl (C=O) groups excluding carboxylic acids is 1. The van der Waals surface area contributed by atoms with Crippen LogP contribution in [0.5, 0.6) is 0 Å². The number of urea groups is 1. The minimum absolute atomic E-state index is 0.00541. The molecule has 2 aromatic carbocycles. The molecule has 2 N–H and O–H groups in total. The van der Waals surface area contributed by atoms with Crippen LogP contribution < -0.4 is 5.32 Å². The van der Waals surface area contributed by atoms with Gasteiger partial charge in [0.15, 0.2) is 0 Å². The van der Waals surface area contributed by atoms with Crippen molar-refractivity contribution in [2.24, 2.45) is 0 Å². The predicted molar refractivity (Wildman–Crippen MR) is 100 cm³/mol. The van der Waals surface area contributed by atoms with E-state index in [0.29, 0.717) is 19.8 Å². The number of hydrogen-bond donors (Lipinski definition) is 2. The Bertz CT molecular complexity index is 748. The molecule has 0 spiro atoms. The number of aryl methyl sites for hydroxylation is 2. The fraction of sp³-hybridized carbons (Fsp3) is 0.450. The number of carbonyl (C=O) groups is 1. The van der Waals surface area contributed by atoms with Gasteiger partial charge in [0.1, 0.15) is 0 Å². The molecule has 134 valence electrons. The summed E-state index contributed by atoms with van der Waals surface area (Å²) in [5.41, 5.74) is 3.58. The number of amides is 2. The second-order valence-corrected chi connectivity index (χ2v) is 6.67. The zero-order valence-electron chi connectivity index (χ0n) is 14.9. The van der Waals surface area contributed by atoms with Crippen LogP contribution in [0.3, 0.4) is 0 Å². The van der Waals surface area contributed by atoms with Gasteiger partial charge in [-0.05, 0) is 49.3 Å². The van der Waals surface area contributed by atoms with Gasteiger partial charge in [-0.2, -0.15) is 0 Å². The second kappa shape index (κ2) is 7.85. The van der Waals surface area contributed by atoms with Crippen LogP contribution in [-0.4, -0.2) is 48.4 Å². The highest BCUT2D eigenvalue weighted by molar-refractivity contribution is 6.04. The van der Waals surface area contributed by atoms with Gasteiger partial charge >= 0.3 is 6.03 Å². The van der Waals surface area contributed by atoms with Crippen LogP contribution in [0.2, 0.25) is 0 Å². The van der Waals surface area contributed by atoms with E-state index in [1.54, 1.807) is 4.90 Å². The molecule has 0 radical (unpaired) electrons. The molecule has 5 nitrogen and oxygen atoms in total. The van der Waals surface area contributed by atoms with E-state index in [0.717, 1.165) is 23.9 Å². The molecule has 0 aromatic heterocycles. The lowest BCUT2D eigenvalue weighted by atomic mass is 10.0. The number of aliphatic hydroxyl groups is 1. The molecule has 0 atom stereocenters. The fourth-order valence-electron chi connectivity index (χ4n) is 3.47. The third kappa shape index (κ3) is 3.78. The highest BCUT2D eigenvalue weighted by Crippen LogP contribution is 2.35. The van der Waals surface area contributed by atoms with Gasteiger partial charge in [-0.1, -0.05) is 24.3 Å². The Balaban J connectivity index is 1.77. The summed E-state index contributed by atoms with van der Waals surface area (Å²) < 4.78 is 5.30. The SMILES string of the molecule is CC(C)N(CCOCCO)C(=O)Nc1ccc2c3c(cccc13)CC2. The first-order valence-corrected chi connectivity index (χ1v) is 8.91. The molecule has 25 heavy (non-hydrogen) atoms. The Hall–Kier alpha value is -2.11. The van der Waals surface area contributed by atoms with Crippen molar-refractivity contribution < 1.29 is 14.6 Å². The number of nitrogens with one attached hydrogen (secondary N) is 1. The van der Waals surface area contributed by atoms with E-state index in [4.69, 9.17) is 9.84 Å². The largest absolute Gasteiger partial charge is 0.394 e. The lowest BCUT2D eigenvalue weighted by Crippen LogP contribution is -2.42. The van der Waals surface area contributed by atoms with E-state index in [9.17, 15) is 4.79 Å². The van der Waals surface area contributed by atoms with E-state index in [2.05, 4.69) is 29.6 Å². The number of nitrogens with zero attached hydrogens (tertiary/aromatic N) is 1. The van der Waals surface area contributed by atoms with Crippen LogP contribution in [0.25, 0.3) is 10.8 Å². The average molecular weight is 342 g/mol. The molecular weight excluding hydrogens is 316 g/mol. The fourth-order valence-corrected chi connectivity index (χ4v) is 3.47. The maximum absolute atomic E-state index is 12.8. The molecule has 0 aliphatic heterocycles. The molecule has 0 saturated heterocycles. The topological polar surface area (TPSA) is 61.8 Å². The van der Waals surface area contributed by atoms with Gasteiger partial charge in [-0.3, -0.25) is 0 Å². The van der Waals surface area contributed by atoms with E-state index in [-0.39, 0.29) is 18.7 Å². The first kappa shape index (κ1) is 17.7. The zero-order valence-corrected chi connectivity index (χ0v) is 14.9. The van der Waals surface area contributed by atoms with Gasteiger partial charge in [0.05, 0.1) is 25.5 Å². The smallest absolute Gasteiger partial charge is 0.322 e. The molecule has 0 fully saturated rings. The number of benzene rings is 2. The van der Waals surface area contributed by atoms with Crippen molar-refractivity contribution in [2.75, 3.05) is 31.7 Å². The second-order valence-electron chi connectivity index (χ2n) is 6.67. The molecule has 0 unspecified atom stereocenters. The van der Waals surface area contributed by atoms with Crippen molar-refractivity contribution in [3.63, 3.8) is 0 Å². The predicted octanol–water partition coefficient (Wildman–Crippen LogP) is 3.19. The number of rotatable bonds is 7. The number of anilines is 1. The normalized spacial score (nSPS) is 12.8. The summed E-state index contributed by atoms with van der Waals surface area (Å²) in [6.45, 7) is 5.16. The van der Waals surface area contributed by atoms with Crippen LogP contribution in [0, 0.1) is 0 Å². The Labute approximate surface area is 148 Å². The summed E-state index contributed by atoms with van der Waals surface area (Å²) in [6, 6.07) is 10.4. The molecule has 0 bridgehead atoms. The van der Waals surface area contributed by atoms with E-state index in [1.165, 1.54) is 16.5 Å². The van der Waals surface area contributed by atoms with Gasteiger partial charge < -0.3 is 20.1 Å². The van der Waals surface area contributed by atoms with Gasteiger partial charge in [0.2, 0.25) is 0 Å². The Kier molecular flexibility index (Phi) is 5.56. The third-order valence-corrected chi connectivity index (χ3v) is 4.71. The maximum Gasteiger partial charge on any atom is 0.322 e. The Morgan fingerprint density at radius 1 is 1.20 bits per heavy atom. The Morgan fingerprint density at radius 3 is 2.68 bits per heavy atom. The zero-order chi connectivity index (χ0) is 17.8. The van der Waals surface area contributed by atoms with Gasteiger partial charge in [-0.15, -0.1) is 0 Å². The molecular formula is C20H26N2O3. The summed E-state index contributed by atoms with van der Waals surface area (Å²) in [6.07, 6.45) is 2.15. The summed E-state index contributed by atoms with van der Waals surface area (Å²) >= 11 is 0. The maximum atomic E-state index is 12.8. The first-order valence-electron chi connectivity index (χ1n) is 8.91. The van der Waals surface area contributed by atoms with Crippen molar-refractivity contribution in [3.05, 3.63) is 41.5 Å². The average Bonchev–Trinajstić information content (AvgIpc) is 3.02. The van der Waals surface area contributed by atoms with E-state index >= 15 is 0 Å². The van der Waals surface area contributed by atoms with Crippen LogP contribution in [-0.2, 0) is 17.6 Å². The lowest BCUT2D eigenvalue weighted by Gasteiger charge is -2.27. The van der Waals surface area contributed by atoms with Gasteiger partial charge in [0, 0.05) is 18.0 Å². The first-order chi connectivity index (χ1) is 12.1. The van der Waals surface area contributed by atoms with Crippen LogP contribution in [0.1, 0.15) is 25.0 Å². The molecule has 5 heteroatoms. The van der Waals surface area contributed by atoms with Crippen LogP contribution in [0.15, 0.2) is 30.3 Å². The third-order valence-electron chi connectivity index (χ3n) is 4.71. The summed E-state index contributed by atoms with van der Waals surface area (Å²) in [4.78, 5) is 14.5. The summed E-state index contributed by atoms with van der Waals surface area (Å²) in [7, 11) is 0. The van der Waals surface area contributed by atoms with E-state index in [1.807, 2.05) is 19.9 Å². The number of hydrogen-bond acceptors (Lipinski definition) is 3. The lowest BCUT2D eigenvalue weighted by molar-refractivity contribution is 0.0757. The molecule has 1 aliphatic carbocycles. The minimum Gasteiger partial charge on any atom is -0.394 e. The van der Waals surface area contributed by atoms with Crippen LogP contribution in [0.4, 0.5) is 10.5 Å². The van der Waals surface area contributed by atoms with Crippen molar-refractivity contribution in [1.29, 1.82) is 0 Å². The van der Waals surface area contributed by atoms with Crippen molar-refractivity contribution in [1.82, 2.24) is 4.90 Å². The van der Waals surface area contributed by atoms with Gasteiger partial charge in [-0.25, -0.2) is 4.79 Å². The minimum atomic E-state index is -0.124. The summed E-state index contributed by atoms with van der Waals surface area (Å²) in [5, 5.41) is 14.3. The number of ether oxygens (including phenoxy) is 1. The highest BCUT2D eigenvalue weighted by atomic mass is 16.5. The van der Waals surface area contributed by atoms with Crippen molar-refractivity contribution >= 4 is 22.5 Å². The molecule has 0 heterocycles. The van der Waals surface area contributed by atoms with E-state index < -0.39 is 0 Å². The number of aliphatic hydroxyl groups excluding tert-OH is 1. The standard InChI is InChI=1S/C20H26N2O3/c1-14(2)22(10-12-25-13-11-23)20(24)21-18-9-8-16-7-6-15-4-3-5-17(18)19(15)16/h3-5,8-9,14,23H,6-7,10-13H2,1-2H3,(H,21,24). The monoisotopic (exact) mass is 342 g/mol. The Morgan fingerprint density at radius 2 is 1.96 bits per heavy atom. The molecule has 0 saturated carbocycles. The van der Waals surface area contributed by atoms with Crippen LogP contribution >= 0.6 is 0 Å². The van der Waals surface area contributed by atoms with Gasteiger partial charge in [0.25, 0.3) is 0 Å². The molecule has 1 aliphatic rings. The van der Waals surface area contributed by atoms with Crippen molar-refractivity contribution in [3.8, 4) is 0 Å². The quantitative estimate of drug-likeness (QED) is 0.760. The summed E-state index contributed by atoms with van der Waals surface area (Å²) in [5.74, 6) is 0. The highest BCUT2D eigenvalue weighted by Gasteiger charge is 2.20. The molecule has 2 amide bonds. The van der Waals surface area contributed by atoms with Crippen molar-refractivity contribution in [2.45, 2.75) is 32.7 Å². The molecule has 3 rings (SSSR count). The molecule has 2 aromatic rings.